The summed E-state index contributed by atoms with van der Waals surface area (Å²) < 4.78 is 32.3. The zero-order valence-corrected chi connectivity index (χ0v) is 13.6. The van der Waals surface area contributed by atoms with Crippen molar-refractivity contribution in [1.29, 1.82) is 0 Å². The molecule has 1 saturated heterocycles. The standard InChI is InChI=1S/C15H20N2O5S/c1-22-13-5-4-10(15(18)19)6-14(13)23(20,21)17-7-11(9-2-3-9)12(16)8-17/h4-6,9,11-12H,2-3,7-8,16H2,1H3,(H,18,19)/t11-,12+/m1/s1. The Morgan fingerprint density at radius 2 is 2.04 bits per heavy atom. The van der Waals surface area contributed by atoms with Crippen LogP contribution in [0.3, 0.4) is 0 Å². The molecular formula is C15H20N2O5S. The van der Waals surface area contributed by atoms with E-state index < -0.39 is 16.0 Å². The van der Waals surface area contributed by atoms with Gasteiger partial charge < -0.3 is 15.6 Å². The number of carbonyl (C=O) groups is 1. The van der Waals surface area contributed by atoms with Crippen LogP contribution in [0.2, 0.25) is 0 Å². The number of carboxylic acids is 1. The van der Waals surface area contributed by atoms with Crippen LogP contribution in [0.1, 0.15) is 23.2 Å². The van der Waals surface area contributed by atoms with Gasteiger partial charge in [-0.05, 0) is 42.9 Å². The molecule has 1 aliphatic heterocycles. The fraction of sp³-hybridized carbons (Fsp3) is 0.533. The van der Waals surface area contributed by atoms with Gasteiger partial charge in [-0.3, -0.25) is 0 Å². The van der Waals surface area contributed by atoms with Crippen molar-refractivity contribution < 1.29 is 23.1 Å². The smallest absolute Gasteiger partial charge is 0.335 e. The van der Waals surface area contributed by atoms with Gasteiger partial charge in [0.1, 0.15) is 10.6 Å². The molecule has 3 rings (SSSR count). The van der Waals surface area contributed by atoms with Gasteiger partial charge in [0.05, 0.1) is 12.7 Å². The number of aromatic carboxylic acids is 1. The molecule has 2 fully saturated rings. The largest absolute Gasteiger partial charge is 0.495 e. The van der Waals surface area contributed by atoms with Crippen molar-refractivity contribution in [3.05, 3.63) is 23.8 Å². The number of nitrogens with zero attached hydrogens (tertiary/aromatic N) is 1. The molecular weight excluding hydrogens is 320 g/mol. The number of sulfonamides is 1. The van der Waals surface area contributed by atoms with Gasteiger partial charge in [0.15, 0.2) is 0 Å². The van der Waals surface area contributed by atoms with Crippen LogP contribution in [0.4, 0.5) is 0 Å². The lowest BCUT2D eigenvalue weighted by atomic mass is 9.99. The predicted molar refractivity (Wildman–Crippen MR) is 82.9 cm³/mol. The van der Waals surface area contributed by atoms with Gasteiger partial charge in [-0.2, -0.15) is 4.31 Å². The quantitative estimate of drug-likeness (QED) is 0.818. The third-order valence-electron chi connectivity index (χ3n) is 4.63. The van der Waals surface area contributed by atoms with Crippen LogP contribution in [0.25, 0.3) is 0 Å². The van der Waals surface area contributed by atoms with Crippen molar-refractivity contribution >= 4 is 16.0 Å². The molecule has 1 aromatic rings. The molecule has 23 heavy (non-hydrogen) atoms. The van der Waals surface area contributed by atoms with Gasteiger partial charge in [-0.15, -0.1) is 0 Å². The lowest BCUT2D eigenvalue weighted by Crippen LogP contribution is -2.32. The van der Waals surface area contributed by atoms with Crippen LogP contribution in [0.15, 0.2) is 23.1 Å². The van der Waals surface area contributed by atoms with Gasteiger partial charge >= 0.3 is 5.97 Å². The second-order valence-corrected chi connectivity index (χ2v) is 8.06. The number of nitrogens with two attached hydrogens (primary N) is 1. The second-order valence-electron chi connectivity index (χ2n) is 6.16. The van der Waals surface area contributed by atoms with Crippen molar-refractivity contribution in [2.75, 3.05) is 20.2 Å². The molecule has 8 heteroatoms. The maximum Gasteiger partial charge on any atom is 0.335 e. The third-order valence-corrected chi connectivity index (χ3v) is 6.49. The summed E-state index contributed by atoms with van der Waals surface area (Å²) in [6.45, 7) is 0.637. The molecule has 7 nitrogen and oxygen atoms in total. The molecule has 1 aliphatic carbocycles. The second kappa shape index (κ2) is 5.77. The molecule has 2 aliphatic rings. The van der Waals surface area contributed by atoms with E-state index in [1.165, 1.54) is 23.5 Å². The maximum atomic E-state index is 12.9. The van der Waals surface area contributed by atoms with Crippen molar-refractivity contribution in [1.82, 2.24) is 4.31 Å². The molecule has 126 valence electrons. The maximum absolute atomic E-state index is 12.9. The first-order valence-corrected chi connectivity index (χ1v) is 8.95. The summed E-state index contributed by atoms with van der Waals surface area (Å²) in [4.78, 5) is 11.0. The Hall–Kier alpha value is -1.64. The SMILES string of the molecule is COc1ccc(C(=O)O)cc1S(=O)(=O)N1C[C@H](C2CC2)[C@@H](N)C1. The predicted octanol–water partition coefficient (Wildman–Crippen LogP) is 0.751. The Morgan fingerprint density at radius 3 is 2.61 bits per heavy atom. The zero-order valence-electron chi connectivity index (χ0n) is 12.8. The Kier molecular flexibility index (Phi) is 4.07. The molecule has 2 atom stereocenters. The highest BCUT2D eigenvalue weighted by atomic mass is 32.2. The first kappa shape index (κ1) is 16.2. The Morgan fingerprint density at radius 1 is 1.35 bits per heavy atom. The van der Waals surface area contributed by atoms with Crippen molar-refractivity contribution in [3.8, 4) is 5.75 Å². The Balaban J connectivity index is 1.96. The van der Waals surface area contributed by atoms with E-state index in [9.17, 15) is 13.2 Å². The van der Waals surface area contributed by atoms with E-state index in [1.807, 2.05) is 0 Å². The highest BCUT2D eigenvalue weighted by Gasteiger charge is 2.45. The minimum absolute atomic E-state index is 0.0911. The van der Waals surface area contributed by atoms with E-state index in [1.54, 1.807) is 0 Å². The summed E-state index contributed by atoms with van der Waals surface area (Å²) in [5.41, 5.74) is 6.01. The van der Waals surface area contributed by atoms with Gasteiger partial charge in [0.2, 0.25) is 10.0 Å². The highest BCUT2D eigenvalue weighted by Crippen LogP contribution is 2.42. The number of rotatable bonds is 5. The van der Waals surface area contributed by atoms with Crippen LogP contribution in [-0.2, 0) is 10.0 Å². The monoisotopic (exact) mass is 340 g/mol. The number of ether oxygens (including phenoxy) is 1. The first-order valence-electron chi connectivity index (χ1n) is 7.51. The van der Waals surface area contributed by atoms with Gasteiger partial charge in [-0.1, -0.05) is 0 Å². The number of hydrogen-bond acceptors (Lipinski definition) is 5. The molecule has 0 aromatic heterocycles. The van der Waals surface area contributed by atoms with Crippen molar-refractivity contribution in [3.63, 3.8) is 0 Å². The lowest BCUT2D eigenvalue weighted by molar-refractivity contribution is 0.0696. The van der Waals surface area contributed by atoms with Gasteiger partial charge in [0, 0.05) is 19.1 Å². The normalized spacial score (nSPS) is 25.5. The summed E-state index contributed by atoms with van der Waals surface area (Å²) >= 11 is 0. The fourth-order valence-electron chi connectivity index (χ4n) is 3.19. The van der Waals surface area contributed by atoms with Crippen LogP contribution in [0, 0.1) is 11.8 Å². The van der Waals surface area contributed by atoms with E-state index >= 15 is 0 Å². The lowest BCUT2D eigenvalue weighted by Gasteiger charge is -2.18. The van der Waals surface area contributed by atoms with Crippen LogP contribution in [0.5, 0.6) is 5.75 Å². The molecule has 1 aromatic carbocycles. The summed E-state index contributed by atoms with van der Waals surface area (Å²) in [6, 6.07) is 3.66. The summed E-state index contributed by atoms with van der Waals surface area (Å²) in [6.07, 6.45) is 2.20. The number of benzene rings is 1. The minimum Gasteiger partial charge on any atom is -0.495 e. The van der Waals surface area contributed by atoms with E-state index in [-0.39, 0.29) is 34.7 Å². The Bertz CT molecular complexity index is 729. The third kappa shape index (κ3) is 2.93. The number of hydrogen-bond donors (Lipinski definition) is 2. The number of methoxy groups -OCH3 is 1. The topological polar surface area (TPSA) is 110 Å². The number of carboxylic acid groups (broad SMARTS) is 1. The van der Waals surface area contributed by atoms with Gasteiger partial charge in [0.25, 0.3) is 0 Å². The molecule has 1 saturated carbocycles. The molecule has 3 N–H and O–H groups in total. The minimum atomic E-state index is -3.84. The van der Waals surface area contributed by atoms with Crippen LogP contribution in [-0.4, -0.2) is 50.0 Å². The summed E-state index contributed by atoms with van der Waals surface area (Å²) in [7, 11) is -2.49. The first-order chi connectivity index (χ1) is 10.8. The fourth-order valence-corrected chi connectivity index (χ4v) is 4.88. The molecule has 0 unspecified atom stereocenters. The average Bonchev–Trinajstić information content (AvgIpc) is 3.28. The highest BCUT2D eigenvalue weighted by molar-refractivity contribution is 7.89. The molecule has 0 radical (unpaired) electrons. The van der Waals surface area contributed by atoms with Crippen LogP contribution < -0.4 is 10.5 Å². The molecule has 0 amide bonds. The van der Waals surface area contributed by atoms with Gasteiger partial charge in [-0.25, -0.2) is 13.2 Å². The molecule has 0 bridgehead atoms. The van der Waals surface area contributed by atoms with Crippen LogP contribution >= 0.6 is 0 Å². The van der Waals surface area contributed by atoms with E-state index in [4.69, 9.17) is 15.6 Å². The van der Waals surface area contributed by atoms with Crippen molar-refractivity contribution in [2.45, 2.75) is 23.8 Å². The van der Waals surface area contributed by atoms with E-state index in [2.05, 4.69) is 0 Å². The molecule has 1 heterocycles. The van der Waals surface area contributed by atoms with E-state index in [0.29, 0.717) is 12.5 Å². The average molecular weight is 340 g/mol. The molecule has 0 spiro atoms. The van der Waals surface area contributed by atoms with E-state index in [0.717, 1.165) is 18.9 Å². The summed E-state index contributed by atoms with van der Waals surface area (Å²) in [5, 5.41) is 9.10. The van der Waals surface area contributed by atoms with Crippen molar-refractivity contribution in [2.24, 2.45) is 17.6 Å². The zero-order chi connectivity index (χ0) is 16.8. The summed E-state index contributed by atoms with van der Waals surface area (Å²) in [5.74, 6) is -0.354. The Labute approximate surface area is 135 Å².